The Morgan fingerprint density at radius 1 is 1.06 bits per heavy atom. The van der Waals surface area contributed by atoms with Crippen molar-refractivity contribution in [3.8, 4) is 0 Å². The third kappa shape index (κ3) is 1.97. The van der Waals surface area contributed by atoms with Gasteiger partial charge in [0.1, 0.15) is 0 Å². The second kappa shape index (κ2) is 4.22. The molecule has 3 heteroatoms. The Morgan fingerprint density at radius 3 is 2.44 bits per heavy atom. The Labute approximate surface area is 109 Å². The van der Waals surface area contributed by atoms with Crippen molar-refractivity contribution in [2.75, 3.05) is 19.6 Å². The van der Waals surface area contributed by atoms with E-state index in [0.717, 1.165) is 37.4 Å². The molecule has 0 bridgehead atoms. The zero-order valence-corrected chi connectivity index (χ0v) is 11.1. The molecule has 0 spiro atoms. The first-order valence-electron chi connectivity index (χ1n) is 7.85. The number of likely N-dealkylation sites (tertiary alicyclic amines) is 1. The highest BCUT2D eigenvalue weighted by Crippen LogP contribution is 2.50. The lowest BCUT2D eigenvalue weighted by Gasteiger charge is -2.37. The molecule has 1 amide bonds. The number of fused-ring (bicyclic) bond motifs is 1. The van der Waals surface area contributed by atoms with Crippen LogP contribution < -0.4 is 5.32 Å². The number of carbonyl (C=O) groups excluding carboxylic acids is 1. The summed E-state index contributed by atoms with van der Waals surface area (Å²) in [7, 11) is 0. The first kappa shape index (κ1) is 11.3. The summed E-state index contributed by atoms with van der Waals surface area (Å²) in [6.07, 6.45) is 7.70. The van der Waals surface area contributed by atoms with E-state index in [1.165, 1.54) is 38.5 Å². The van der Waals surface area contributed by atoms with Crippen LogP contribution >= 0.6 is 0 Å². The van der Waals surface area contributed by atoms with E-state index in [4.69, 9.17) is 0 Å². The summed E-state index contributed by atoms with van der Waals surface area (Å²) in [5.74, 6) is 3.18. The molecule has 0 aromatic carbocycles. The highest BCUT2D eigenvalue weighted by Gasteiger charge is 2.48. The van der Waals surface area contributed by atoms with E-state index in [1.54, 1.807) is 0 Å². The lowest BCUT2D eigenvalue weighted by Crippen LogP contribution is -2.49. The second-order valence-corrected chi connectivity index (χ2v) is 6.88. The van der Waals surface area contributed by atoms with Crippen LogP contribution in [0.3, 0.4) is 0 Å². The summed E-state index contributed by atoms with van der Waals surface area (Å²) >= 11 is 0. The van der Waals surface area contributed by atoms with Crippen molar-refractivity contribution < 1.29 is 4.79 Å². The van der Waals surface area contributed by atoms with Gasteiger partial charge in [0, 0.05) is 25.0 Å². The quantitative estimate of drug-likeness (QED) is 0.823. The molecule has 0 aromatic rings. The van der Waals surface area contributed by atoms with Gasteiger partial charge in [-0.3, -0.25) is 4.79 Å². The number of hydrogen-bond acceptors (Lipinski definition) is 2. The predicted molar refractivity (Wildman–Crippen MR) is 70.0 cm³/mol. The van der Waals surface area contributed by atoms with Crippen molar-refractivity contribution in [1.82, 2.24) is 10.2 Å². The molecule has 4 aliphatic rings. The monoisotopic (exact) mass is 248 g/mol. The van der Waals surface area contributed by atoms with Gasteiger partial charge in [-0.15, -0.1) is 0 Å². The van der Waals surface area contributed by atoms with Crippen molar-refractivity contribution in [3.63, 3.8) is 0 Å². The van der Waals surface area contributed by atoms with Gasteiger partial charge in [-0.2, -0.15) is 0 Å². The summed E-state index contributed by atoms with van der Waals surface area (Å²) in [6.45, 7) is 3.20. The molecule has 4 rings (SSSR count). The van der Waals surface area contributed by atoms with Crippen LogP contribution in [0.4, 0.5) is 0 Å². The van der Waals surface area contributed by atoms with Gasteiger partial charge < -0.3 is 10.2 Å². The number of carbonyl (C=O) groups is 1. The fraction of sp³-hybridized carbons (Fsp3) is 0.933. The minimum Gasteiger partial charge on any atom is -0.342 e. The van der Waals surface area contributed by atoms with E-state index in [-0.39, 0.29) is 0 Å². The molecule has 1 N–H and O–H groups in total. The standard InChI is InChI=1S/C15H24N2O/c18-15(14(10-1-2-10)11-3-4-11)17-8-6-13-12(9-17)5-7-16-13/h10-14,16H,1-9H2. The van der Waals surface area contributed by atoms with Gasteiger partial charge in [-0.25, -0.2) is 0 Å². The van der Waals surface area contributed by atoms with Gasteiger partial charge in [-0.1, -0.05) is 0 Å². The Kier molecular flexibility index (Phi) is 2.65. The Balaban J connectivity index is 1.44. The van der Waals surface area contributed by atoms with Crippen molar-refractivity contribution in [2.24, 2.45) is 23.7 Å². The van der Waals surface area contributed by atoms with Crippen LogP contribution in [0, 0.1) is 23.7 Å². The van der Waals surface area contributed by atoms with Gasteiger partial charge in [0.2, 0.25) is 5.91 Å². The average molecular weight is 248 g/mol. The van der Waals surface area contributed by atoms with Crippen LogP contribution in [0.25, 0.3) is 0 Å². The van der Waals surface area contributed by atoms with Crippen molar-refractivity contribution in [1.29, 1.82) is 0 Å². The highest BCUT2D eigenvalue weighted by molar-refractivity contribution is 5.80. The normalized spacial score (nSPS) is 35.9. The number of hydrogen-bond donors (Lipinski definition) is 1. The molecule has 2 unspecified atom stereocenters. The molecule has 2 aliphatic heterocycles. The number of nitrogens with zero attached hydrogens (tertiary/aromatic N) is 1. The average Bonchev–Trinajstić information content (AvgIpc) is 3.30. The van der Waals surface area contributed by atoms with Crippen molar-refractivity contribution in [3.05, 3.63) is 0 Å². The number of amides is 1. The fourth-order valence-electron chi connectivity index (χ4n) is 4.16. The zero-order valence-electron chi connectivity index (χ0n) is 11.1. The van der Waals surface area contributed by atoms with Crippen LogP contribution in [0.5, 0.6) is 0 Å². The smallest absolute Gasteiger partial charge is 0.226 e. The van der Waals surface area contributed by atoms with Gasteiger partial charge in [0.05, 0.1) is 0 Å². The minimum atomic E-state index is 0.413. The van der Waals surface area contributed by atoms with Crippen LogP contribution in [0.2, 0.25) is 0 Å². The molecule has 2 saturated carbocycles. The van der Waals surface area contributed by atoms with Crippen LogP contribution in [-0.2, 0) is 4.79 Å². The topological polar surface area (TPSA) is 32.3 Å². The first-order chi connectivity index (χ1) is 8.83. The molecule has 18 heavy (non-hydrogen) atoms. The highest BCUT2D eigenvalue weighted by atomic mass is 16.2. The van der Waals surface area contributed by atoms with Crippen LogP contribution in [0.15, 0.2) is 0 Å². The van der Waals surface area contributed by atoms with Gasteiger partial charge in [0.15, 0.2) is 0 Å². The number of rotatable bonds is 3. The molecule has 2 aliphatic carbocycles. The predicted octanol–water partition coefficient (Wildman–Crippen LogP) is 1.63. The summed E-state index contributed by atoms with van der Waals surface area (Å²) in [6, 6.07) is 0.703. The van der Waals surface area contributed by atoms with E-state index in [2.05, 4.69) is 10.2 Å². The minimum absolute atomic E-state index is 0.413. The Morgan fingerprint density at radius 2 is 1.78 bits per heavy atom. The van der Waals surface area contributed by atoms with E-state index < -0.39 is 0 Å². The number of nitrogens with one attached hydrogen (secondary N) is 1. The van der Waals surface area contributed by atoms with Gasteiger partial charge in [-0.05, 0) is 62.8 Å². The molecular formula is C15H24N2O. The third-order valence-corrected chi connectivity index (χ3v) is 5.51. The largest absolute Gasteiger partial charge is 0.342 e. The van der Waals surface area contributed by atoms with Crippen molar-refractivity contribution in [2.45, 2.75) is 44.6 Å². The maximum absolute atomic E-state index is 12.8. The first-order valence-corrected chi connectivity index (χ1v) is 7.85. The SMILES string of the molecule is O=C(C(C1CC1)C1CC1)N1CCC2NCCC2C1. The lowest BCUT2D eigenvalue weighted by molar-refractivity contribution is -0.139. The lowest BCUT2D eigenvalue weighted by atomic mass is 9.90. The molecule has 100 valence electrons. The van der Waals surface area contributed by atoms with Gasteiger partial charge in [0.25, 0.3) is 0 Å². The maximum Gasteiger partial charge on any atom is 0.226 e. The molecule has 2 atom stereocenters. The van der Waals surface area contributed by atoms with Crippen molar-refractivity contribution >= 4 is 5.91 Å². The Bertz CT molecular complexity index is 336. The molecule has 3 nitrogen and oxygen atoms in total. The molecule has 2 saturated heterocycles. The molecule has 0 aromatic heterocycles. The number of piperidine rings is 1. The summed E-state index contributed by atoms with van der Waals surface area (Å²) in [5, 5.41) is 3.58. The fourth-order valence-corrected chi connectivity index (χ4v) is 4.16. The summed E-state index contributed by atoms with van der Waals surface area (Å²) < 4.78 is 0. The van der Waals surface area contributed by atoms with E-state index in [9.17, 15) is 4.79 Å². The maximum atomic E-state index is 12.8. The zero-order chi connectivity index (χ0) is 12.1. The molecule has 2 heterocycles. The summed E-state index contributed by atoms with van der Waals surface area (Å²) in [4.78, 5) is 15.0. The third-order valence-electron chi connectivity index (χ3n) is 5.51. The summed E-state index contributed by atoms with van der Waals surface area (Å²) in [5.41, 5.74) is 0. The Hall–Kier alpha value is -0.570. The van der Waals surface area contributed by atoms with Gasteiger partial charge >= 0.3 is 0 Å². The second-order valence-electron chi connectivity index (χ2n) is 6.88. The molecule has 0 radical (unpaired) electrons. The van der Waals surface area contributed by atoms with E-state index in [0.29, 0.717) is 17.9 Å². The van der Waals surface area contributed by atoms with E-state index >= 15 is 0 Å². The molecule has 4 fully saturated rings. The molecular weight excluding hydrogens is 224 g/mol. The van der Waals surface area contributed by atoms with Crippen LogP contribution in [0.1, 0.15) is 38.5 Å². The van der Waals surface area contributed by atoms with Crippen LogP contribution in [-0.4, -0.2) is 36.5 Å². The van der Waals surface area contributed by atoms with E-state index in [1.807, 2.05) is 0 Å².